The Bertz CT molecular complexity index is 1470. The van der Waals surface area contributed by atoms with Gasteiger partial charge in [0.15, 0.2) is 17.3 Å². The van der Waals surface area contributed by atoms with Crippen molar-refractivity contribution in [2.75, 3.05) is 27.4 Å². The topological polar surface area (TPSA) is 108 Å². The van der Waals surface area contributed by atoms with Crippen LogP contribution in [0.5, 0.6) is 11.5 Å². The van der Waals surface area contributed by atoms with Gasteiger partial charge in [0.05, 0.1) is 41.2 Å². The first-order chi connectivity index (χ1) is 17.3. The molecular weight excluding hydrogens is 482 g/mol. The second-order valence-corrected chi connectivity index (χ2v) is 10.5. The molecule has 0 aromatic heterocycles. The molecular formula is C27H25NO7S. The quantitative estimate of drug-likeness (QED) is 0.424. The summed E-state index contributed by atoms with van der Waals surface area (Å²) in [6.07, 6.45) is 1.69. The van der Waals surface area contributed by atoms with Crippen molar-refractivity contribution in [1.29, 1.82) is 0 Å². The standard InChI is InChI=1S/C27H25NO7S/c1-33-21-11-9-16(13-22(21)34-2)17-8-10-19-24(14-17)36(31,32)23-7-3-6-20(25(23)26(19)29)27(30)28-15-18-5-4-12-35-18/h3,6-11,13-14,18H,4-5,12,15H2,1-2H3,(H,28,30)/t18-/m0/s1. The molecule has 2 heterocycles. The Labute approximate surface area is 209 Å². The molecule has 2 aliphatic heterocycles. The SMILES string of the molecule is COc1ccc(-c2ccc3c(c2)S(=O)(=O)c2cccc(C(=O)NC[C@@H]4CCCO4)c2C3=O)cc1OC. The Kier molecular flexibility index (Phi) is 6.27. The lowest BCUT2D eigenvalue weighted by Gasteiger charge is -2.22. The largest absolute Gasteiger partial charge is 0.493 e. The Morgan fingerprint density at radius 2 is 1.75 bits per heavy atom. The lowest BCUT2D eigenvalue weighted by atomic mass is 9.95. The summed E-state index contributed by atoms with van der Waals surface area (Å²) >= 11 is 0. The van der Waals surface area contributed by atoms with Crippen molar-refractivity contribution in [1.82, 2.24) is 5.32 Å². The first kappa shape index (κ1) is 24.0. The molecule has 0 bridgehead atoms. The van der Waals surface area contributed by atoms with E-state index in [0.29, 0.717) is 35.8 Å². The number of hydrogen-bond donors (Lipinski definition) is 1. The molecule has 0 radical (unpaired) electrons. The lowest BCUT2D eigenvalue weighted by molar-refractivity contribution is 0.0853. The first-order valence-corrected chi connectivity index (χ1v) is 13.0. The van der Waals surface area contributed by atoms with Crippen LogP contribution < -0.4 is 14.8 Å². The minimum atomic E-state index is -4.06. The molecule has 1 N–H and O–H groups in total. The van der Waals surface area contributed by atoms with E-state index in [2.05, 4.69) is 5.32 Å². The van der Waals surface area contributed by atoms with Crippen LogP contribution in [0.3, 0.4) is 0 Å². The van der Waals surface area contributed by atoms with E-state index in [1.165, 1.54) is 44.6 Å². The third-order valence-corrected chi connectivity index (χ3v) is 8.37. The van der Waals surface area contributed by atoms with E-state index in [9.17, 15) is 18.0 Å². The summed E-state index contributed by atoms with van der Waals surface area (Å²) in [6.45, 7) is 0.953. The van der Waals surface area contributed by atoms with Crippen LogP contribution in [0.25, 0.3) is 11.1 Å². The monoisotopic (exact) mass is 507 g/mol. The van der Waals surface area contributed by atoms with Gasteiger partial charge in [0.25, 0.3) is 5.91 Å². The average Bonchev–Trinajstić information content (AvgIpc) is 3.43. The van der Waals surface area contributed by atoms with Crippen molar-refractivity contribution in [3.8, 4) is 22.6 Å². The highest BCUT2D eigenvalue weighted by atomic mass is 32.2. The van der Waals surface area contributed by atoms with Crippen LogP contribution in [0.15, 0.2) is 64.4 Å². The summed E-state index contributed by atoms with van der Waals surface area (Å²) in [6, 6.07) is 14.2. The van der Waals surface area contributed by atoms with Gasteiger partial charge in [-0.25, -0.2) is 8.42 Å². The number of ether oxygens (including phenoxy) is 3. The molecule has 1 atom stereocenters. The summed E-state index contributed by atoms with van der Waals surface area (Å²) in [5.74, 6) is 0.0322. The number of sulfone groups is 1. The number of amides is 1. The molecule has 1 amide bonds. The highest BCUT2D eigenvalue weighted by Gasteiger charge is 2.38. The van der Waals surface area contributed by atoms with Crippen LogP contribution in [-0.2, 0) is 14.6 Å². The highest BCUT2D eigenvalue weighted by molar-refractivity contribution is 7.91. The van der Waals surface area contributed by atoms with Crippen molar-refractivity contribution < 1.29 is 32.2 Å². The van der Waals surface area contributed by atoms with Crippen LogP contribution >= 0.6 is 0 Å². The molecule has 0 unspecified atom stereocenters. The Hall–Kier alpha value is -3.69. The number of methoxy groups -OCH3 is 2. The molecule has 5 rings (SSSR count). The first-order valence-electron chi connectivity index (χ1n) is 11.5. The third-order valence-electron chi connectivity index (χ3n) is 6.53. The molecule has 9 heteroatoms. The average molecular weight is 508 g/mol. The van der Waals surface area contributed by atoms with Crippen LogP contribution in [0.2, 0.25) is 0 Å². The molecule has 1 saturated heterocycles. The predicted molar refractivity (Wildman–Crippen MR) is 132 cm³/mol. The van der Waals surface area contributed by atoms with Crippen LogP contribution in [0.4, 0.5) is 0 Å². The predicted octanol–water partition coefficient (Wildman–Crippen LogP) is 3.66. The summed E-state index contributed by atoms with van der Waals surface area (Å²) in [4.78, 5) is 26.2. The van der Waals surface area contributed by atoms with Crippen molar-refractivity contribution in [3.63, 3.8) is 0 Å². The summed E-state index contributed by atoms with van der Waals surface area (Å²) in [7, 11) is -1.01. The van der Waals surface area contributed by atoms with Crippen LogP contribution in [0.1, 0.15) is 39.1 Å². The molecule has 186 valence electrons. The van der Waals surface area contributed by atoms with Gasteiger partial charge in [-0.3, -0.25) is 9.59 Å². The molecule has 0 saturated carbocycles. The maximum Gasteiger partial charge on any atom is 0.252 e. The number of benzene rings is 3. The van der Waals surface area contributed by atoms with E-state index in [1.807, 2.05) is 0 Å². The van der Waals surface area contributed by atoms with E-state index >= 15 is 0 Å². The van der Waals surface area contributed by atoms with Crippen LogP contribution in [-0.4, -0.2) is 53.6 Å². The van der Waals surface area contributed by atoms with Crippen molar-refractivity contribution in [2.24, 2.45) is 0 Å². The summed E-state index contributed by atoms with van der Waals surface area (Å²) < 4.78 is 43.5. The van der Waals surface area contributed by atoms with Gasteiger partial charge >= 0.3 is 0 Å². The molecule has 36 heavy (non-hydrogen) atoms. The molecule has 1 fully saturated rings. The summed E-state index contributed by atoms with van der Waals surface area (Å²) in [5, 5.41) is 2.78. The van der Waals surface area contributed by atoms with Crippen molar-refractivity contribution in [3.05, 3.63) is 71.3 Å². The zero-order chi connectivity index (χ0) is 25.4. The number of carbonyl (C=O) groups is 2. The number of ketones is 1. The van der Waals surface area contributed by atoms with Gasteiger partial charge in [-0.05, 0) is 60.4 Å². The number of hydrogen-bond acceptors (Lipinski definition) is 7. The van der Waals surface area contributed by atoms with Gasteiger partial charge in [-0.15, -0.1) is 0 Å². The molecule has 3 aromatic carbocycles. The normalized spacial score (nSPS) is 17.7. The van der Waals surface area contributed by atoms with Gasteiger partial charge in [0.1, 0.15) is 0 Å². The van der Waals surface area contributed by atoms with E-state index in [4.69, 9.17) is 14.2 Å². The van der Waals surface area contributed by atoms with Gasteiger partial charge in [0, 0.05) is 18.7 Å². The molecule has 0 spiro atoms. The maximum absolute atomic E-state index is 13.6. The minimum absolute atomic E-state index is 0.0334. The molecule has 0 aliphatic carbocycles. The fraction of sp³-hybridized carbons (Fsp3) is 0.259. The fourth-order valence-electron chi connectivity index (χ4n) is 4.67. The molecule has 3 aromatic rings. The minimum Gasteiger partial charge on any atom is -0.493 e. The number of carbonyl (C=O) groups excluding carboxylic acids is 2. The highest BCUT2D eigenvalue weighted by Crippen LogP contribution is 2.39. The van der Waals surface area contributed by atoms with Crippen LogP contribution in [0, 0.1) is 0 Å². The van der Waals surface area contributed by atoms with Gasteiger partial charge in [-0.1, -0.05) is 18.2 Å². The zero-order valence-corrected chi connectivity index (χ0v) is 20.7. The van der Waals surface area contributed by atoms with Crippen molar-refractivity contribution >= 4 is 21.5 Å². The Morgan fingerprint density at radius 1 is 1.00 bits per heavy atom. The zero-order valence-electron chi connectivity index (χ0n) is 19.9. The number of nitrogens with one attached hydrogen (secondary N) is 1. The lowest BCUT2D eigenvalue weighted by Crippen LogP contribution is -2.33. The van der Waals surface area contributed by atoms with E-state index < -0.39 is 21.5 Å². The van der Waals surface area contributed by atoms with E-state index in [1.54, 1.807) is 24.3 Å². The smallest absolute Gasteiger partial charge is 0.252 e. The Balaban J connectivity index is 1.54. The second kappa shape index (κ2) is 9.40. The third kappa shape index (κ3) is 4.04. The maximum atomic E-state index is 13.6. The fourth-order valence-corrected chi connectivity index (χ4v) is 6.36. The molecule has 8 nitrogen and oxygen atoms in total. The van der Waals surface area contributed by atoms with E-state index in [0.717, 1.165) is 12.8 Å². The Morgan fingerprint density at radius 3 is 2.47 bits per heavy atom. The number of rotatable bonds is 6. The second-order valence-electron chi connectivity index (χ2n) is 8.64. The number of fused-ring (bicyclic) bond motifs is 2. The van der Waals surface area contributed by atoms with Gasteiger partial charge < -0.3 is 19.5 Å². The van der Waals surface area contributed by atoms with E-state index in [-0.39, 0.29) is 32.6 Å². The van der Waals surface area contributed by atoms with Crippen molar-refractivity contribution in [2.45, 2.75) is 28.7 Å². The summed E-state index contributed by atoms with van der Waals surface area (Å²) in [5.41, 5.74) is 1.26. The van der Waals surface area contributed by atoms with Gasteiger partial charge in [0.2, 0.25) is 9.84 Å². The van der Waals surface area contributed by atoms with Gasteiger partial charge in [-0.2, -0.15) is 0 Å². The molecule has 2 aliphatic rings.